The molecule has 0 saturated carbocycles. The van der Waals surface area contributed by atoms with Gasteiger partial charge in [0.2, 0.25) is 0 Å². The number of benzene rings is 2. The van der Waals surface area contributed by atoms with Gasteiger partial charge in [-0.3, -0.25) is 14.0 Å². The number of carbonyl (C=O) groups is 1. The molecule has 0 N–H and O–H groups in total. The van der Waals surface area contributed by atoms with E-state index >= 15 is 0 Å². The third-order valence-corrected chi connectivity index (χ3v) is 4.99. The van der Waals surface area contributed by atoms with E-state index in [0.717, 1.165) is 17.6 Å². The zero-order chi connectivity index (χ0) is 22.5. The molecule has 0 fully saturated rings. The van der Waals surface area contributed by atoms with Crippen LogP contribution in [0.3, 0.4) is 0 Å². The third-order valence-electron chi connectivity index (χ3n) is 4.99. The van der Waals surface area contributed by atoms with Crippen LogP contribution in [0.25, 0.3) is 16.9 Å². The maximum absolute atomic E-state index is 13.4. The van der Waals surface area contributed by atoms with Gasteiger partial charge in [-0.1, -0.05) is 12.1 Å². The van der Waals surface area contributed by atoms with E-state index in [1.165, 1.54) is 28.8 Å². The van der Waals surface area contributed by atoms with E-state index in [-0.39, 0.29) is 17.7 Å². The van der Waals surface area contributed by atoms with Crippen molar-refractivity contribution in [3.05, 3.63) is 94.5 Å². The molecule has 162 valence electrons. The fourth-order valence-electron chi connectivity index (χ4n) is 3.34. The van der Waals surface area contributed by atoms with Gasteiger partial charge in [0.15, 0.2) is 0 Å². The van der Waals surface area contributed by atoms with Gasteiger partial charge in [0.25, 0.3) is 5.56 Å². The average molecular weight is 432 g/mol. The fourth-order valence-corrected chi connectivity index (χ4v) is 3.34. The Morgan fingerprint density at radius 3 is 2.50 bits per heavy atom. The summed E-state index contributed by atoms with van der Waals surface area (Å²) < 4.78 is 21.7. The summed E-state index contributed by atoms with van der Waals surface area (Å²) in [6.45, 7) is 0.515. The molecule has 2 aromatic carbocycles. The minimum atomic E-state index is -0.392. The van der Waals surface area contributed by atoms with E-state index in [2.05, 4.69) is 10.1 Å². The fraction of sp³-hybridized carbons (Fsp3) is 0.167. The van der Waals surface area contributed by atoms with E-state index < -0.39 is 5.82 Å². The molecule has 0 radical (unpaired) electrons. The molecule has 2 aromatic heterocycles. The van der Waals surface area contributed by atoms with Crippen molar-refractivity contribution < 1.29 is 13.9 Å². The maximum Gasteiger partial charge on any atom is 0.281 e. The molecule has 7 nitrogen and oxygen atoms in total. The summed E-state index contributed by atoms with van der Waals surface area (Å²) in [4.78, 5) is 28.5. The molecule has 0 atom stereocenters. The molecule has 0 aliphatic heterocycles. The molecule has 0 aliphatic carbocycles. The Hall–Kier alpha value is -4.07. The van der Waals surface area contributed by atoms with Gasteiger partial charge in [0.1, 0.15) is 23.5 Å². The summed E-state index contributed by atoms with van der Waals surface area (Å²) in [6.07, 6.45) is 6.41. The lowest BCUT2D eigenvalue weighted by atomic mass is 10.2. The van der Waals surface area contributed by atoms with Crippen molar-refractivity contribution in [2.75, 3.05) is 7.11 Å². The van der Waals surface area contributed by atoms with Crippen LogP contribution < -0.4 is 10.3 Å². The lowest BCUT2D eigenvalue weighted by Gasteiger charge is -2.10. The van der Waals surface area contributed by atoms with E-state index in [1.54, 1.807) is 30.4 Å². The largest absolute Gasteiger partial charge is 0.497 e. The number of aromatic nitrogens is 4. The molecule has 32 heavy (non-hydrogen) atoms. The topological polar surface area (TPSA) is 79.0 Å². The molecule has 0 spiro atoms. The number of methoxy groups -OCH3 is 1. The first-order valence-electron chi connectivity index (χ1n) is 10.1. The summed E-state index contributed by atoms with van der Waals surface area (Å²) >= 11 is 0. The molecule has 0 unspecified atom stereocenters. The second kappa shape index (κ2) is 9.38. The second-order valence-corrected chi connectivity index (χ2v) is 7.21. The Labute approximate surface area is 183 Å². The van der Waals surface area contributed by atoms with Crippen LogP contribution in [0.1, 0.15) is 17.7 Å². The molecule has 2 heterocycles. The van der Waals surface area contributed by atoms with Crippen LogP contribution in [0.5, 0.6) is 5.75 Å². The zero-order valence-corrected chi connectivity index (χ0v) is 17.4. The van der Waals surface area contributed by atoms with Crippen molar-refractivity contribution >= 4 is 6.29 Å². The quantitative estimate of drug-likeness (QED) is 0.399. The molecular weight excluding hydrogens is 411 g/mol. The minimum Gasteiger partial charge on any atom is -0.497 e. The Morgan fingerprint density at radius 2 is 1.81 bits per heavy atom. The van der Waals surface area contributed by atoms with E-state index in [1.807, 2.05) is 24.3 Å². The highest BCUT2D eigenvalue weighted by molar-refractivity contribution is 5.57. The predicted octanol–water partition coefficient (Wildman–Crippen LogP) is 3.42. The number of aryl methyl sites for hydroxylation is 1. The molecule has 4 rings (SSSR count). The SMILES string of the molecule is COc1ccc(Cn2cc(-c3nc(CCC=O)cn(-c4ccc(F)cc4)c3=O)cn2)cc1. The Kier molecular flexibility index (Phi) is 6.21. The summed E-state index contributed by atoms with van der Waals surface area (Å²) in [6, 6.07) is 13.3. The zero-order valence-electron chi connectivity index (χ0n) is 17.4. The van der Waals surface area contributed by atoms with Gasteiger partial charge >= 0.3 is 0 Å². The highest BCUT2D eigenvalue weighted by Gasteiger charge is 2.14. The van der Waals surface area contributed by atoms with Gasteiger partial charge in [-0.05, 0) is 48.4 Å². The molecular formula is C24H21FN4O3. The standard InChI is InChI=1S/C24H21FN4O3/c1-32-22-10-4-17(5-11-22)14-28-15-18(13-26-28)23-24(31)29(16-20(27-23)3-2-12-30)21-8-6-19(25)7-9-21/h4-13,15-16H,2-3,14H2,1H3. The first kappa shape index (κ1) is 21.2. The van der Waals surface area contributed by atoms with Crippen LogP contribution in [0.15, 0.2) is 71.9 Å². The Balaban J connectivity index is 1.70. The van der Waals surface area contributed by atoms with Gasteiger partial charge in [0.05, 0.1) is 25.5 Å². The number of ether oxygens (including phenoxy) is 1. The number of nitrogens with zero attached hydrogens (tertiary/aromatic N) is 4. The van der Waals surface area contributed by atoms with Crippen molar-refractivity contribution in [3.63, 3.8) is 0 Å². The summed E-state index contributed by atoms with van der Waals surface area (Å²) in [5.74, 6) is 0.379. The molecule has 0 aliphatic rings. The first-order valence-corrected chi connectivity index (χ1v) is 10.1. The first-order chi connectivity index (χ1) is 15.6. The minimum absolute atomic E-state index is 0.221. The van der Waals surface area contributed by atoms with Crippen molar-refractivity contribution in [1.29, 1.82) is 0 Å². The number of rotatable bonds is 8. The summed E-state index contributed by atoms with van der Waals surface area (Å²) in [5, 5.41) is 4.37. The third kappa shape index (κ3) is 4.64. The lowest BCUT2D eigenvalue weighted by Crippen LogP contribution is -2.22. The summed E-state index contributed by atoms with van der Waals surface area (Å²) in [7, 11) is 1.61. The van der Waals surface area contributed by atoms with Gasteiger partial charge < -0.3 is 9.53 Å². The van der Waals surface area contributed by atoms with Gasteiger partial charge in [-0.25, -0.2) is 9.37 Å². The van der Waals surface area contributed by atoms with Crippen LogP contribution >= 0.6 is 0 Å². The Bertz CT molecular complexity index is 1280. The molecule has 4 aromatic rings. The molecule has 0 bridgehead atoms. The Morgan fingerprint density at radius 1 is 1.06 bits per heavy atom. The van der Waals surface area contributed by atoms with E-state index in [9.17, 15) is 14.0 Å². The van der Waals surface area contributed by atoms with Crippen molar-refractivity contribution in [2.24, 2.45) is 0 Å². The van der Waals surface area contributed by atoms with Crippen molar-refractivity contribution in [3.8, 4) is 22.7 Å². The van der Waals surface area contributed by atoms with E-state index in [4.69, 9.17) is 4.74 Å². The predicted molar refractivity (Wildman–Crippen MR) is 117 cm³/mol. The van der Waals surface area contributed by atoms with Gasteiger partial charge in [-0.2, -0.15) is 5.10 Å². The van der Waals surface area contributed by atoms with Gasteiger partial charge in [-0.15, -0.1) is 0 Å². The average Bonchev–Trinajstić information content (AvgIpc) is 3.27. The second-order valence-electron chi connectivity index (χ2n) is 7.21. The monoisotopic (exact) mass is 432 g/mol. The smallest absolute Gasteiger partial charge is 0.281 e. The van der Waals surface area contributed by atoms with Crippen LogP contribution in [0.4, 0.5) is 4.39 Å². The summed E-state index contributed by atoms with van der Waals surface area (Å²) in [5.41, 5.74) is 2.55. The van der Waals surface area contributed by atoms with Crippen molar-refractivity contribution in [1.82, 2.24) is 19.3 Å². The maximum atomic E-state index is 13.4. The van der Waals surface area contributed by atoms with Crippen molar-refractivity contribution in [2.45, 2.75) is 19.4 Å². The van der Waals surface area contributed by atoms with Crippen LogP contribution in [0, 0.1) is 5.82 Å². The number of halogens is 1. The number of carbonyl (C=O) groups excluding carboxylic acids is 1. The molecule has 8 heteroatoms. The van der Waals surface area contributed by atoms with E-state index in [0.29, 0.717) is 29.9 Å². The number of hydrogen-bond donors (Lipinski definition) is 0. The molecule has 0 saturated heterocycles. The number of hydrogen-bond acceptors (Lipinski definition) is 5. The van der Waals surface area contributed by atoms with Crippen LogP contribution in [-0.4, -0.2) is 32.7 Å². The number of aldehydes is 1. The van der Waals surface area contributed by atoms with Crippen LogP contribution in [-0.2, 0) is 17.8 Å². The highest BCUT2D eigenvalue weighted by atomic mass is 19.1. The highest BCUT2D eigenvalue weighted by Crippen LogP contribution is 2.17. The van der Waals surface area contributed by atoms with Crippen LogP contribution in [0.2, 0.25) is 0 Å². The lowest BCUT2D eigenvalue weighted by molar-refractivity contribution is -0.107. The normalized spacial score (nSPS) is 10.8. The van der Waals surface area contributed by atoms with Gasteiger partial charge in [0, 0.05) is 30.1 Å². The molecule has 0 amide bonds.